The van der Waals surface area contributed by atoms with E-state index < -0.39 is 23.8 Å². The molecule has 6 aliphatic rings. The molecule has 1 spiro atoms. The molecule has 7 heterocycles. The summed E-state index contributed by atoms with van der Waals surface area (Å²) in [5, 5.41) is 2.78. The second kappa shape index (κ2) is 15.6. The molecule has 15 heteroatoms. The van der Waals surface area contributed by atoms with Crippen molar-refractivity contribution < 1.29 is 19.2 Å². The second-order valence-electron chi connectivity index (χ2n) is 17.0. The molecule has 1 N–H and O–H groups in total. The molecule has 2 aromatic carbocycles. The molecule has 0 radical (unpaired) electrons. The van der Waals surface area contributed by atoms with Crippen LogP contribution in [-0.2, 0) is 16.1 Å². The molecular weight excluding hydrogens is 756 g/mol. The number of aromatic nitrogens is 2. The lowest BCUT2D eigenvalue weighted by Gasteiger charge is -2.43. The highest BCUT2D eigenvalue weighted by atomic mass is 35.5. The number of halogens is 1. The summed E-state index contributed by atoms with van der Waals surface area (Å²) in [6.45, 7) is 18.8. The van der Waals surface area contributed by atoms with Gasteiger partial charge in [0.1, 0.15) is 11.9 Å². The van der Waals surface area contributed by atoms with Crippen LogP contribution in [0.15, 0.2) is 48.8 Å². The third kappa shape index (κ3) is 7.28. The van der Waals surface area contributed by atoms with Crippen molar-refractivity contribution in [3.05, 3.63) is 82.2 Å². The van der Waals surface area contributed by atoms with Gasteiger partial charge in [-0.25, -0.2) is 14.8 Å². The van der Waals surface area contributed by atoms with Crippen LogP contribution >= 0.6 is 11.6 Å². The first-order valence-electron chi connectivity index (χ1n) is 20.6. The number of rotatable bonds is 7. The van der Waals surface area contributed by atoms with E-state index in [4.69, 9.17) is 28.1 Å². The minimum atomic E-state index is -0.963. The number of anilines is 3. The zero-order chi connectivity index (χ0) is 40.1. The SMILES string of the molecule is [C-]#[N+]c1ccc(N2CC3(CCN(c4cnc(CN5CCC(N6CCN(c7ccc8c(c7)C(=O)N(C7CCC(=O)NC7=O)C8=O)CC6)CC5)nc4)CC3)C[C@@H]2C)cc1Cl. The number of likely N-dealkylation sites (tertiary alicyclic amines) is 1. The van der Waals surface area contributed by atoms with Crippen LogP contribution in [0, 0.1) is 12.0 Å². The Morgan fingerprint density at radius 1 is 0.828 bits per heavy atom. The molecule has 3 aromatic rings. The van der Waals surface area contributed by atoms with E-state index in [0.29, 0.717) is 33.9 Å². The lowest BCUT2D eigenvalue weighted by molar-refractivity contribution is -0.136. The number of piperidine rings is 3. The van der Waals surface area contributed by atoms with Crippen LogP contribution in [0.25, 0.3) is 4.85 Å². The first-order chi connectivity index (χ1) is 28.1. The number of nitrogens with one attached hydrogen (secondary N) is 1. The van der Waals surface area contributed by atoms with Crippen molar-refractivity contribution in [2.24, 2.45) is 5.41 Å². The van der Waals surface area contributed by atoms with Gasteiger partial charge in [0.15, 0.2) is 0 Å². The first-order valence-corrected chi connectivity index (χ1v) is 21.0. The van der Waals surface area contributed by atoms with Crippen molar-refractivity contribution in [2.45, 2.75) is 76.5 Å². The van der Waals surface area contributed by atoms with Crippen molar-refractivity contribution in [3.8, 4) is 0 Å². The van der Waals surface area contributed by atoms with Gasteiger partial charge in [0.05, 0.1) is 42.3 Å². The molecule has 0 saturated carbocycles. The molecule has 0 aliphatic carbocycles. The van der Waals surface area contributed by atoms with Gasteiger partial charge < -0.3 is 14.7 Å². The molecule has 1 unspecified atom stereocenters. The van der Waals surface area contributed by atoms with Crippen molar-refractivity contribution in [1.82, 2.24) is 30.0 Å². The number of hydrogen-bond acceptors (Lipinski definition) is 11. The van der Waals surface area contributed by atoms with Crippen LogP contribution < -0.4 is 20.0 Å². The average molecular weight is 805 g/mol. The van der Waals surface area contributed by atoms with Gasteiger partial charge >= 0.3 is 0 Å². The van der Waals surface area contributed by atoms with E-state index >= 15 is 0 Å². The van der Waals surface area contributed by atoms with Crippen LogP contribution in [0.1, 0.15) is 78.4 Å². The third-order valence-electron chi connectivity index (χ3n) is 13.6. The third-order valence-corrected chi connectivity index (χ3v) is 13.9. The molecule has 4 amide bonds. The van der Waals surface area contributed by atoms with Crippen molar-refractivity contribution in [2.75, 3.05) is 73.6 Å². The Balaban J connectivity index is 0.720. The molecule has 1 aromatic heterocycles. The molecule has 58 heavy (non-hydrogen) atoms. The summed E-state index contributed by atoms with van der Waals surface area (Å²) >= 11 is 6.39. The van der Waals surface area contributed by atoms with Gasteiger partial charge in [0.25, 0.3) is 11.8 Å². The quantitative estimate of drug-likeness (QED) is 0.263. The number of carbonyl (C=O) groups is 4. The Hall–Kier alpha value is -5.10. The fourth-order valence-corrected chi connectivity index (χ4v) is 10.5. The van der Waals surface area contributed by atoms with Gasteiger partial charge in [-0.2, -0.15) is 0 Å². The van der Waals surface area contributed by atoms with Crippen molar-refractivity contribution in [3.63, 3.8) is 0 Å². The van der Waals surface area contributed by atoms with Gasteiger partial charge in [0, 0.05) is 93.8 Å². The zero-order valence-corrected chi connectivity index (χ0v) is 33.7. The summed E-state index contributed by atoms with van der Waals surface area (Å²) in [6.07, 6.45) is 9.83. The maximum Gasteiger partial charge on any atom is 0.262 e. The summed E-state index contributed by atoms with van der Waals surface area (Å²) in [5.74, 6) is -1.07. The largest absolute Gasteiger partial charge is 0.369 e. The Labute approximate surface area is 343 Å². The summed E-state index contributed by atoms with van der Waals surface area (Å²) < 4.78 is 0. The van der Waals surface area contributed by atoms with Crippen molar-refractivity contribution in [1.29, 1.82) is 0 Å². The minimum absolute atomic E-state index is 0.100. The second-order valence-corrected chi connectivity index (χ2v) is 17.4. The number of fused-ring (bicyclic) bond motifs is 1. The van der Waals surface area contributed by atoms with Crippen LogP contribution in [-0.4, -0.2) is 125 Å². The fraction of sp³-hybridized carbons (Fsp3) is 0.512. The standard InChI is InChI=1S/C43H49ClN10O4/c1-28-23-43(27-53(28)31-4-6-36(45-2)35(44)22-31)11-15-50(16-12-43)32-24-46-38(47-25-32)26-49-13-9-29(10-14-49)51-17-19-52(20-18-51)30-3-5-33-34(21-30)42(58)54(41(33)57)37-7-8-39(55)48-40(37)56/h3-6,21-22,24-25,28-29,37H,7-20,23,26-27H2,1H3,(H,48,55,56)/t28-,37?/m0/s1. The summed E-state index contributed by atoms with van der Waals surface area (Å²) in [4.78, 5) is 76.9. The lowest BCUT2D eigenvalue weighted by atomic mass is 9.76. The molecule has 302 valence electrons. The van der Waals surface area contributed by atoms with Crippen LogP contribution in [0.4, 0.5) is 22.7 Å². The molecule has 0 bridgehead atoms. The van der Waals surface area contributed by atoms with Crippen LogP contribution in [0.3, 0.4) is 0 Å². The highest BCUT2D eigenvalue weighted by Gasteiger charge is 2.46. The van der Waals surface area contributed by atoms with Gasteiger partial charge in [-0.3, -0.25) is 39.2 Å². The normalized spacial score (nSPS) is 24.4. The molecule has 14 nitrogen and oxygen atoms in total. The molecule has 5 saturated heterocycles. The van der Waals surface area contributed by atoms with Crippen LogP contribution in [0.5, 0.6) is 0 Å². The van der Waals surface area contributed by atoms with Gasteiger partial charge in [0.2, 0.25) is 17.5 Å². The zero-order valence-electron chi connectivity index (χ0n) is 32.9. The maximum absolute atomic E-state index is 13.4. The van der Waals surface area contributed by atoms with E-state index in [1.165, 1.54) is 0 Å². The number of piperazine rings is 1. The number of benzene rings is 2. The fourth-order valence-electron chi connectivity index (χ4n) is 10.3. The lowest BCUT2D eigenvalue weighted by Crippen LogP contribution is -2.54. The highest BCUT2D eigenvalue weighted by Crippen LogP contribution is 2.46. The predicted octanol–water partition coefficient (Wildman–Crippen LogP) is 4.75. The molecule has 6 aliphatic heterocycles. The smallest absolute Gasteiger partial charge is 0.262 e. The monoisotopic (exact) mass is 804 g/mol. The van der Waals surface area contributed by atoms with E-state index in [1.807, 2.05) is 36.7 Å². The van der Waals surface area contributed by atoms with E-state index in [9.17, 15) is 19.2 Å². The topological polar surface area (TPSA) is 130 Å². The Morgan fingerprint density at radius 3 is 2.21 bits per heavy atom. The summed E-state index contributed by atoms with van der Waals surface area (Å²) in [5.41, 5.74) is 4.50. The van der Waals surface area contributed by atoms with Gasteiger partial charge in [-0.05, 0) is 81.2 Å². The molecule has 5 fully saturated rings. The number of carbonyl (C=O) groups excluding carboxylic acids is 4. The molecule has 9 rings (SSSR count). The number of imide groups is 2. The van der Waals surface area contributed by atoms with E-state index in [-0.39, 0.29) is 24.2 Å². The summed E-state index contributed by atoms with van der Waals surface area (Å²) in [6, 6.07) is 11.2. The predicted molar refractivity (Wildman–Crippen MR) is 220 cm³/mol. The minimum Gasteiger partial charge on any atom is -0.369 e. The maximum atomic E-state index is 13.4. The van der Waals surface area contributed by atoms with Crippen LogP contribution in [0.2, 0.25) is 5.02 Å². The average Bonchev–Trinajstić information content (AvgIpc) is 3.69. The highest BCUT2D eigenvalue weighted by molar-refractivity contribution is 6.33. The van der Waals surface area contributed by atoms with E-state index in [2.05, 4.69) is 41.6 Å². The Bertz CT molecular complexity index is 2150. The Kier molecular flexibility index (Phi) is 10.3. The molecule has 2 atom stereocenters. The Morgan fingerprint density at radius 2 is 1.52 bits per heavy atom. The molecular formula is C43H49ClN10O4. The summed E-state index contributed by atoms with van der Waals surface area (Å²) in [7, 11) is 0. The first kappa shape index (κ1) is 38.4. The van der Waals surface area contributed by atoms with Gasteiger partial charge in [-0.15, -0.1) is 0 Å². The number of nitrogens with zero attached hydrogens (tertiary/aromatic N) is 9. The number of amides is 4. The van der Waals surface area contributed by atoms with Gasteiger partial charge in [-0.1, -0.05) is 17.7 Å². The number of hydrogen-bond donors (Lipinski definition) is 1. The van der Waals surface area contributed by atoms with E-state index in [1.54, 1.807) is 12.1 Å². The van der Waals surface area contributed by atoms with E-state index in [0.717, 1.165) is 125 Å². The van der Waals surface area contributed by atoms with Crippen molar-refractivity contribution >= 4 is 58.0 Å².